The predicted octanol–water partition coefficient (Wildman–Crippen LogP) is 2.74. The SMILES string of the molecule is CC(CCc1ccc(O)cc1)N[13CH2][13CH](O)c1ccc(O)cc1. The van der Waals surface area contributed by atoms with Crippen molar-refractivity contribution in [2.45, 2.75) is 31.9 Å². The van der Waals surface area contributed by atoms with Crippen molar-refractivity contribution < 1.29 is 15.3 Å². The van der Waals surface area contributed by atoms with E-state index in [1.807, 2.05) is 12.1 Å². The molecular formula is C18H23NO3. The van der Waals surface area contributed by atoms with Crippen molar-refractivity contribution in [3.63, 3.8) is 0 Å². The van der Waals surface area contributed by atoms with Gasteiger partial charge in [0, 0.05) is 12.6 Å². The van der Waals surface area contributed by atoms with E-state index in [0.717, 1.165) is 18.4 Å². The number of aliphatic hydroxyl groups excluding tert-OH is 1. The lowest BCUT2D eigenvalue weighted by atomic mass is 10.1. The Kier molecular flexibility index (Phi) is 5.81. The molecule has 2 rings (SSSR count). The van der Waals surface area contributed by atoms with Gasteiger partial charge < -0.3 is 20.6 Å². The predicted molar refractivity (Wildman–Crippen MR) is 87.0 cm³/mol. The molecule has 0 aliphatic rings. The summed E-state index contributed by atoms with van der Waals surface area (Å²) in [4.78, 5) is 0. The van der Waals surface area contributed by atoms with Crippen molar-refractivity contribution in [3.8, 4) is 11.5 Å². The molecule has 0 amide bonds. The summed E-state index contributed by atoms with van der Waals surface area (Å²) in [5, 5.41) is 31.9. The minimum absolute atomic E-state index is 0.200. The molecule has 0 bridgehead atoms. The number of phenolic OH excluding ortho intramolecular Hbond substituents is 2. The molecule has 0 aliphatic heterocycles. The lowest BCUT2D eigenvalue weighted by molar-refractivity contribution is 0.170. The van der Waals surface area contributed by atoms with Crippen molar-refractivity contribution in [2.75, 3.05) is 6.54 Å². The maximum absolute atomic E-state index is 10.1. The lowest BCUT2D eigenvalue weighted by Crippen LogP contribution is -2.30. The van der Waals surface area contributed by atoms with E-state index in [2.05, 4.69) is 12.2 Å². The number of aliphatic hydroxyl groups is 1. The minimum Gasteiger partial charge on any atom is -0.508 e. The number of aryl methyl sites for hydroxylation is 1. The van der Waals surface area contributed by atoms with Crippen LogP contribution in [0, 0.1) is 0 Å². The quantitative estimate of drug-likeness (QED) is 0.594. The van der Waals surface area contributed by atoms with Gasteiger partial charge in [0.15, 0.2) is 0 Å². The van der Waals surface area contributed by atoms with E-state index >= 15 is 0 Å². The highest BCUT2D eigenvalue weighted by Crippen LogP contribution is 2.16. The fourth-order valence-electron chi connectivity index (χ4n) is 2.27. The molecule has 4 nitrogen and oxygen atoms in total. The summed E-state index contributed by atoms with van der Waals surface area (Å²) in [6, 6.07) is 14.1. The fraction of sp³-hybridized carbons (Fsp3) is 0.333. The number of hydrogen-bond acceptors (Lipinski definition) is 4. The first-order valence-electron chi connectivity index (χ1n) is 7.53. The monoisotopic (exact) mass is 303 g/mol. The number of rotatable bonds is 7. The molecule has 4 heteroatoms. The molecule has 0 radical (unpaired) electrons. The lowest BCUT2D eigenvalue weighted by Gasteiger charge is -2.17. The normalized spacial score (nSPS) is 13.7. The standard InChI is InChI=1S/C18H23NO3/c1-13(2-3-14-4-8-16(20)9-5-14)19-12-18(22)15-6-10-17(21)11-7-15/h4-11,13,18-22H,2-3,12H2,1H3/i12+1,18+1. The van der Waals surface area contributed by atoms with E-state index in [4.69, 9.17) is 0 Å². The molecule has 2 atom stereocenters. The Morgan fingerprint density at radius 1 is 0.909 bits per heavy atom. The van der Waals surface area contributed by atoms with Gasteiger partial charge in [-0.2, -0.15) is 0 Å². The highest BCUT2D eigenvalue weighted by atomic mass is 16.4. The molecule has 0 aromatic heterocycles. The van der Waals surface area contributed by atoms with Gasteiger partial charge in [0.05, 0.1) is 6.10 Å². The van der Waals surface area contributed by atoms with Crippen LogP contribution in [-0.2, 0) is 6.42 Å². The largest absolute Gasteiger partial charge is 0.508 e. The zero-order valence-corrected chi connectivity index (χ0v) is 12.7. The van der Waals surface area contributed by atoms with Crippen LogP contribution in [0.4, 0.5) is 0 Å². The van der Waals surface area contributed by atoms with Crippen LogP contribution in [0.3, 0.4) is 0 Å². The molecule has 0 spiro atoms. The number of aromatic hydroxyl groups is 2. The van der Waals surface area contributed by atoms with Gasteiger partial charge in [0.1, 0.15) is 11.5 Å². The maximum Gasteiger partial charge on any atom is 0.115 e. The Hall–Kier alpha value is -2.04. The van der Waals surface area contributed by atoms with Gasteiger partial charge in [-0.05, 0) is 55.2 Å². The van der Waals surface area contributed by atoms with Crippen LogP contribution in [0.15, 0.2) is 48.5 Å². The Labute approximate surface area is 131 Å². The first kappa shape index (κ1) is 16.3. The van der Waals surface area contributed by atoms with E-state index < -0.39 is 6.10 Å². The molecule has 118 valence electrons. The Morgan fingerprint density at radius 3 is 2.05 bits per heavy atom. The molecule has 0 fully saturated rings. The summed E-state index contributed by atoms with van der Waals surface area (Å²) in [7, 11) is 0. The summed E-state index contributed by atoms with van der Waals surface area (Å²) in [5.74, 6) is 0.484. The topological polar surface area (TPSA) is 72.7 Å². The van der Waals surface area contributed by atoms with Crippen LogP contribution in [0.25, 0.3) is 0 Å². The van der Waals surface area contributed by atoms with Gasteiger partial charge in [-0.15, -0.1) is 0 Å². The average molecular weight is 303 g/mol. The van der Waals surface area contributed by atoms with Crippen molar-refractivity contribution in [3.05, 3.63) is 59.7 Å². The summed E-state index contributed by atoms with van der Waals surface area (Å²) in [6.45, 7) is 2.56. The van der Waals surface area contributed by atoms with Crippen LogP contribution < -0.4 is 5.32 Å². The van der Waals surface area contributed by atoms with Gasteiger partial charge in [0.2, 0.25) is 0 Å². The summed E-state index contributed by atoms with van der Waals surface area (Å²) < 4.78 is 0. The van der Waals surface area contributed by atoms with Crippen molar-refractivity contribution in [1.82, 2.24) is 5.32 Å². The number of nitrogens with one attached hydrogen (secondary N) is 1. The zero-order valence-electron chi connectivity index (χ0n) is 12.7. The first-order valence-corrected chi connectivity index (χ1v) is 7.53. The van der Waals surface area contributed by atoms with Crippen LogP contribution >= 0.6 is 0 Å². The van der Waals surface area contributed by atoms with Crippen molar-refractivity contribution in [1.29, 1.82) is 0 Å². The van der Waals surface area contributed by atoms with Gasteiger partial charge in [-0.3, -0.25) is 0 Å². The number of hydrogen-bond donors (Lipinski definition) is 4. The smallest absolute Gasteiger partial charge is 0.115 e. The van der Waals surface area contributed by atoms with E-state index in [1.54, 1.807) is 36.4 Å². The molecule has 4 N–H and O–H groups in total. The Morgan fingerprint density at radius 2 is 1.45 bits per heavy atom. The minimum atomic E-state index is -0.586. The van der Waals surface area contributed by atoms with E-state index in [9.17, 15) is 15.3 Å². The maximum atomic E-state index is 10.1. The third-order valence-electron chi connectivity index (χ3n) is 3.74. The van der Waals surface area contributed by atoms with Gasteiger partial charge in [-0.1, -0.05) is 24.3 Å². The van der Waals surface area contributed by atoms with Gasteiger partial charge >= 0.3 is 0 Å². The second-order valence-corrected chi connectivity index (χ2v) is 5.62. The molecular weight excluding hydrogens is 280 g/mol. The molecule has 2 aromatic rings. The molecule has 22 heavy (non-hydrogen) atoms. The number of phenols is 2. The second kappa shape index (κ2) is 7.82. The Bertz CT molecular complexity index is 566. The van der Waals surface area contributed by atoms with Crippen LogP contribution in [-0.4, -0.2) is 27.9 Å². The van der Waals surface area contributed by atoms with E-state index in [1.165, 1.54) is 5.56 Å². The average Bonchev–Trinajstić information content (AvgIpc) is 2.52. The third kappa shape index (κ3) is 5.06. The Balaban J connectivity index is 1.73. The molecule has 2 aromatic carbocycles. The summed E-state index contributed by atoms with van der Waals surface area (Å²) in [5.41, 5.74) is 1.97. The highest BCUT2D eigenvalue weighted by molar-refractivity contribution is 5.27. The summed E-state index contributed by atoms with van der Waals surface area (Å²) in [6.07, 6.45) is 1.29. The van der Waals surface area contributed by atoms with E-state index in [0.29, 0.717) is 6.54 Å². The third-order valence-corrected chi connectivity index (χ3v) is 3.74. The second-order valence-electron chi connectivity index (χ2n) is 5.62. The molecule has 0 aliphatic carbocycles. The van der Waals surface area contributed by atoms with Crippen molar-refractivity contribution >= 4 is 0 Å². The van der Waals surface area contributed by atoms with Gasteiger partial charge in [0.25, 0.3) is 0 Å². The van der Waals surface area contributed by atoms with Crippen molar-refractivity contribution in [2.24, 2.45) is 0 Å². The van der Waals surface area contributed by atoms with Gasteiger partial charge in [-0.25, -0.2) is 0 Å². The number of benzene rings is 2. The molecule has 2 unspecified atom stereocenters. The van der Waals surface area contributed by atoms with Crippen LogP contribution in [0.1, 0.15) is 30.6 Å². The zero-order chi connectivity index (χ0) is 15.9. The molecule has 0 saturated carbocycles. The molecule has 0 saturated heterocycles. The van der Waals surface area contributed by atoms with Crippen LogP contribution in [0.5, 0.6) is 11.5 Å². The van der Waals surface area contributed by atoms with Crippen LogP contribution in [0.2, 0.25) is 0 Å². The van der Waals surface area contributed by atoms with E-state index in [-0.39, 0.29) is 17.5 Å². The summed E-state index contributed by atoms with van der Waals surface area (Å²) >= 11 is 0. The highest BCUT2D eigenvalue weighted by Gasteiger charge is 2.09. The fourth-order valence-corrected chi connectivity index (χ4v) is 2.27. The molecule has 0 heterocycles. The first-order chi connectivity index (χ1) is 10.5.